The summed E-state index contributed by atoms with van der Waals surface area (Å²) in [6, 6.07) is 1.24. The van der Waals surface area contributed by atoms with Crippen LogP contribution in [0, 0.1) is 6.92 Å². The Balaban J connectivity index is 1.51. The van der Waals surface area contributed by atoms with Gasteiger partial charge in [-0.1, -0.05) is 5.16 Å². The van der Waals surface area contributed by atoms with E-state index in [1.54, 1.807) is 26.1 Å². The molecule has 0 bridgehead atoms. The van der Waals surface area contributed by atoms with E-state index in [2.05, 4.69) is 20.9 Å². The minimum Gasteiger partial charge on any atom is -0.376 e. The van der Waals surface area contributed by atoms with E-state index in [9.17, 15) is 4.79 Å². The zero-order valence-corrected chi connectivity index (χ0v) is 13.3. The highest BCUT2D eigenvalue weighted by Crippen LogP contribution is 2.15. The molecule has 0 aromatic carbocycles. The molecule has 2 aromatic rings. The molecule has 2 aromatic heterocycles. The van der Waals surface area contributed by atoms with Crippen molar-refractivity contribution in [3.05, 3.63) is 24.2 Å². The summed E-state index contributed by atoms with van der Waals surface area (Å²) in [6.45, 7) is 5.13. The van der Waals surface area contributed by atoms with Gasteiger partial charge in [0.05, 0.1) is 30.2 Å². The summed E-state index contributed by atoms with van der Waals surface area (Å²) in [5, 5.41) is 13.8. The summed E-state index contributed by atoms with van der Waals surface area (Å²) >= 11 is 0. The first-order valence-corrected chi connectivity index (χ1v) is 7.75. The minimum atomic E-state index is -0.430. The van der Waals surface area contributed by atoms with E-state index in [4.69, 9.17) is 9.26 Å². The molecule has 0 radical (unpaired) electrons. The van der Waals surface area contributed by atoms with Crippen LogP contribution < -0.4 is 10.6 Å². The number of nitrogens with one attached hydrogen (secondary N) is 2. The van der Waals surface area contributed by atoms with Gasteiger partial charge < -0.3 is 14.6 Å². The van der Waals surface area contributed by atoms with Crippen LogP contribution in [0.4, 0.5) is 11.6 Å². The number of carbonyl (C=O) groups is 1. The van der Waals surface area contributed by atoms with Gasteiger partial charge in [0.15, 0.2) is 0 Å². The molecule has 1 saturated heterocycles. The maximum absolute atomic E-state index is 12.1. The van der Waals surface area contributed by atoms with Crippen molar-refractivity contribution < 1.29 is 14.1 Å². The largest absolute Gasteiger partial charge is 0.376 e. The molecule has 3 rings (SSSR count). The van der Waals surface area contributed by atoms with Gasteiger partial charge >= 0.3 is 0 Å². The maximum Gasteiger partial charge on any atom is 0.248 e. The lowest BCUT2D eigenvalue weighted by atomic mass is 10.2. The molecule has 1 aliphatic rings. The third kappa shape index (κ3) is 4.10. The van der Waals surface area contributed by atoms with Crippen LogP contribution in [-0.2, 0) is 16.1 Å². The summed E-state index contributed by atoms with van der Waals surface area (Å²) in [4.78, 5) is 12.1. The van der Waals surface area contributed by atoms with Crippen molar-refractivity contribution in [3.8, 4) is 0 Å². The van der Waals surface area contributed by atoms with Gasteiger partial charge in [-0.05, 0) is 26.7 Å². The summed E-state index contributed by atoms with van der Waals surface area (Å²) in [5.74, 6) is 0.142. The lowest BCUT2D eigenvalue weighted by Crippen LogP contribution is -2.31. The Bertz CT molecular complexity index is 660. The molecule has 2 atom stereocenters. The lowest BCUT2D eigenvalue weighted by Gasteiger charge is -2.12. The molecule has 8 heteroatoms. The number of amides is 1. The van der Waals surface area contributed by atoms with Crippen molar-refractivity contribution in [2.75, 3.05) is 17.2 Å². The molecule has 0 spiro atoms. The van der Waals surface area contributed by atoms with Gasteiger partial charge in [0.25, 0.3) is 0 Å². The number of ether oxygens (including phenoxy) is 1. The average Bonchev–Trinajstić information content (AvgIpc) is 3.24. The average molecular weight is 319 g/mol. The van der Waals surface area contributed by atoms with Crippen molar-refractivity contribution in [1.82, 2.24) is 14.9 Å². The number of rotatable bonds is 6. The van der Waals surface area contributed by atoms with Crippen molar-refractivity contribution >= 4 is 17.5 Å². The number of anilines is 2. The second-order valence-electron chi connectivity index (χ2n) is 5.77. The van der Waals surface area contributed by atoms with Crippen LogP contribution in [0.3, 0.4) is 0 Å². The molecule has 1 aliphatic heterocycles. The highest BCUT2D eigenvalue weighted by molar-refractivity contribution is 5.95. The number of hydrogen-bond donors (Lipinski definition) is 2. The molecule has 3 heterocycles. The first-order valence-electron chi connectivity index (χ1n) is 7.75. The van der Waals surface area contributed by atoms with Crippen LogP contribution in [0.15, 0.2) is 23.0 Å². The van der Waals surface area contributed by atoms with Crippen LogP contribution in [0.25, 0.3) is 0 Å². The third-order valence-corrected chi connectivity index (χ3v) is 3.70. The van der Waals surface area contributed by atoms with E-state index in [-0.39, 0.29) is 12.0 Å². The quantitative estimate of drug-likeness (QED) is 0.843. The molecule has 2 N–H and O–H groups in total. The lowest BCUT2D eigenvalue weighted by molar-refractivity contribution is -0.116. The predicted molar refractivity (Wildman–Crippen MR) is 84.2 cm³/mol. The number of hydrogen-bond acceptors (Lipinski definition) is 6. The predicted octanol–water partition coefficient (Wildman–Crippen LogP) is 1.80. The molecule has 124 valence electrons. The van der Waals surface area contributed by atoms with E-state index in [1.807, 2.05) is 10.9 Å². The van der Waals surface area contributed by atoms with Gasteiger partial charge in [0, 0.05) is 18.9 Å². The monoisotopic (exact) mass is 319 g/mol. The fraction of sp³-hybridized carbons (Fsp3) is 0.533. The molecule has 23 heavy (non-hydrogen) atoms. The molecule has 8 nitrogen and oxygen atoms in total. The van der Waals surface area contributed by atoms with E-state index >= 15 is 0 Å². The van der Waals surface area contributed by atoms with Crippen LogP contribution >= 0.6 is 0 Å². The summed E-state index contributed by atoms with van der Waals surface area (Å²) in [5.41, 5.74) is 1.51. The van der Waals surface area contributed by atoms with E-state index < -0.39 is 6.04 Å². The Labute approximate surface area is 134 Å². The van der Waals surface area contributed by atoms with E-state index in [0.717, 1.165) is 37.4 Å². The SMILES string of the molecule is Cc1cc(NC(=O)C(C)Nc2cnn(CC3CCCO3)c2)on1. The van der Waals surface area contributed by atoms with E-state index in [0.29, 0.717) is 5.88 Å². The van der Waals surface area contributed by atoms with Gasteiger partial charge in [-0.3, -0.25) is 14.8 Å². The number of carbonyl (C=O) groups excluding carboxylic acids is 1. The molecular formula is C15H21N5O3. The first kappa shape index (κ1) is 15.5. The van der Waals surface area contributed by atoms with Crippen molar-refractivity contribution in [1.29, 1.82) is 0 Å². The van der Waals surface area contributed by atoms with Crippen molar-refractivity contribution in [3.63, 3.8) is 0 Å². The van der Waals surface area contributed by atoms with Crippen molar-refractivity contribution in [2.24, 2.45) is 0 Å². The van der Waals surface area contributed by atoms with Crippen LogP contribution in [0.2, 0.25) is 0 Å². The molecule has 1 fully saturated rings. The normalized spacial score (nSPS) is 18.8. The highest BCUT2D eigenvalue weighted by Gasteiger charge is 2.18. The Kier molecular flexibility index (Phi) is 4.61. The fourth-order valence-electron chi connectivity index (χ4n) is 2.50. The standard InChI is InChI=1S/C15H21N5O3/c1-10-6-14(23-19-10)18-15(21)11(2)17-12-7-16-20(8-12)9-13-4-3-5-22-13/h6-8,11,13,17H,3-5,9H2,1-2H3,(H,18,21). The number of nitrogens with zero attached hydrogens (tertiary/aromatic N) is 3. The minimum absolute atomic E-state index is 0.201. The van der Waals surface area contributed by atoms with Gasteiger partial charge in [-0.25, -0.2) is 0 Å². The highest BCUT2D eigenvalue weighted by atomic mass is 16.5. The van der Waals surface area contributed by atoms with Crippen molar-refractivity contribution in [2.45, 2.75) is 45.4 Å². The number of aryl methyl sites for hydroxylation is 1. The summed E-state index contributed by atoms with van der Waals surface area (Å²) in [6.07, 6.45) is 5.99. The Morgan fingerprint density at radius 3 is 3.13 bits per heavy atom. The van der Waals surface area contributed by atoms with Crippen LogP contribution in [0.5, 0.6) is 0 Å². The second-order valence-corrected chi connectivity index (χ2v) is 5.77. The smallest absolute Gasteiger partial charge is 0.248 e. The van der Waals surface area contributed by atoms with Crippen LogP contribution in [-0.4, -0.2) is 39.6 Å². The van der Waals surface area contributed by atoms with Gasteiger partial charge in [0.2, 0.25) is 11.8 Å². The maximum atomic E-state index is 12.1. The molecule has 0 saturated carbocycles. The third-order valence-electron chi connectivity index (χ3n) is 3.70. The molecule has 0 aliphatic carbocycles. The topological polar surface area (TPSA) is 94.2 Å². The first-order chi connectivity index (χ1) is 11.1. The fourth-order valence-corrected chi connectivity index (χ4v) is 2.50. The Morgan fingerprint density at radius 1 is 1.57 bits per heavy atom. The van der Waals surface area contributed by atoms with Crippen LogP contribution in [0.1, 0.15) is 25.5 Å². The Morgan fingerprint density at radius 2 is 2.43 bits per heavy atom. The molecule has 2 unspecified atom stereocenters. The second kappa shape index (κ2) is 6.82. The zero-order chi connectivity index (χ0) is 16.2. The molecule has 1 amide bonds. The molecular weight excluding hydrogens is 298 g/mol. The van der Waals surface area contributed by atoms with E-state index in [1.165, 1.54) is 0 Å². The van der Waals surface area contributed by atoms with Gasteiger partial charge in [-0.15, -0.1) is 0 Å². The Hall–Kier alpha value is -2.35. The summed E-state index contributed by atoms with van der Waals surface area (Å²) in [7, 11) is 0. The zero-order valence-electron chi connectivity index (χ0n) is 13.3. The number of aromatic nitrogens is 3. The summed E-state index contributed by atoms with van der Waals surface area (Å²) < 4.78 is 12.4. The van der Waals surface area contributed by atoms with Gasteiger partial charge in [-0.2, -0.15) is 5.10 Å². The van der Waals surface area contributed by atoms with Gasteiger partial charge in [0.1, 0.15) is 6.04 Å².